The molecule has 0 bridgehead atoms. The van der Waals surface area contributed by atoms with Crippen LogP contribution in [0.1, 0.15) is 42.6 Å². The number of nitrogens with two attached hydrogens (primary N) is 2. The fourth-order valence-corrected chi connectivity index (χ4v) is 4.20. The number of rotatable bonds is 4. The number of primary amides is 1. The van der Waals surface area contributed by atoms with Gasteiger partial charge in [0.1, 0.15) is 5.54 Å². The van der Waals surface area contributed by atoms with Crippen LogP contribution in [0.15, 0.2) is 24.3 Å². The van der Waals surface area contributed by atoms with E-state index in [2.05, 4.69) is 5.32 Å². The van der Waals surface area contributed by atoms with Gasteiger partial charge in [0, 0.05) is 30.0 Å². The predicted molar refractivity (Wildman–Crippen MR) is 90.0 cm³/mol. The molecule has 1 aromatic rings. The van der Waals surface area contributed by atoms with Gasteiger partial charge in [-0.15, -0.1) is 0 Å². The Bertz CT molecular complexity index is 673. The van der Waals surface area contributed by atoms with E-state index in [1.807, 2.05) is 19.9 Å². The van der Waals surface area contributed by atoms with Crippen molar-refractivity contribution >= 4 is 11.8 Å². The molecule has 3 unspecified atom stereocenters. The van der Waals surface area contributed by atoms with Crippen LogP contribution in [-0.4, -0.2) is 30.1 Å². The Labute approximate surface area is 141 Å². The first kappa shape index (κ1) is 16.9. The monoisotopic (exact) mass is 331 g/mol. The van der Waals surface area contributed by atoms with Crippen LogP contribution in [0.3, 0.4) is 0 Å². The highest BCUT2D eigenvalue weighted by Gasteiger charge is 2.70. The Morgan fingerprint density at radius 3 is 2.83 bits per heavy atom. The number of carbonyl (C=O) groups is 2. The highest BCUT2D eigenvalue weighted by Crippen LogP contribution is 2.57. The van der Waals surface area contributed by atoms with Crippen molar-refractivity contribution in [1.29, 1.82) is 0 Å². The molecule has 3 atom stereocenters. The third-order valence-corrected chi connectivity index (χ3v) is 5.72. The van der Waals surface area contributed by atoms with Crippen LogP contribution in [-0.2, 0) is 16.1 Å². The number of hydrogen-bond donors (Lipinski definition) is 3. The van der Waals surface area contributed by atoms with Gasteiger partial charge in [-0.25, -0.2) is 0 Å². The lowest BCUT2D eigenvalue weighted by Gasteiger charge is -2.65. The second-order valence-corrected chi connectivity index (χ2v) is 7.38. The molecule has 6 heteroatoms. The van der Waals surface area contributed by atoms with E-state index in [-0.39, 0.29) is 17.9 Å². The molecule has 1 aliphatic heterocycles. The zero-order valence-electron chi connectivity index (χ0n) is 14.2. The number of ether oxygens (including phenoxy) is 1. The molecule has 3 rings (SSSR count). The lowest BCUT2D eigenvalue weighted by Crippen LogP contribution is -2.82. The average molecular weight is 331 g/mol. The summed E-state index contributed by atoms with van der Waals surface area (Å²) in [4.78, 5) is 24.1. The van der Waals surface area contributed by atoms with Gasteiger partial charge in [0.15, 0.2) is 0 Å². The lowest BCUT2D eigenvalue weighted by molar-refractivity contribution is -0.225. The molecule has 2 amide bonds. The summed E-state index contributed by atoms with van der Waals surface area (Å²) in [6.45, 7) is 5.04. The fraction of sp³-hybridized carbons (Fsp3) is 0.556. The summed E-state index contributed by atoms with van der Waals surface area (Å²) in [6, 6.07) is 6.92. The van der Waals surface area contributed by atoms with Crippen LogP contribution in [0.5, 0.6) is 0 Å². The minimum atomic E-state index is -0.931. The first-order chi connectivity index (χ1) is 11.3. The van der Waals surface area contributed by atoms with Crippen molar-refractivity contribution in [2.45, 2.75) is 44.9 Å². The normalized spacial score (nSPS) is 30.8. The van der Waals surface area contributed by atoms with E-state index < -0.39 is 16.9 Å². The maximum absolute atomic E-state index is 12.8. The highest BCUT2D eigenvalue weighted by molar-refractivity contribution is 5.93. The van der Waals surface area contributed by atoms with Crippen LogP contribution >= 0.6 is 0 Å². The molecule has 130 valence electrons. The van der Waals surface area contributed by atoms with Gasteiger partial charge in [-0.2, -0.15) is 0 Å². The smallest absolute Gasteiger partial charge is 0.248 e. The topological polar surface area (TPSA) is 107 Å². The van der Waals surface area contributed by atoms with Gasteiger partial charge in [-0.1, -0.05) is 26.0 Å². The average Bonchev–Trinajstić information content (AvgIpc) is 2.59. The summed E-state index contributed by atoms with van der Waals surface area (Å²) in [5, 5.41) is 2.92. The van der Waals surface area contributed by atoms with Crippen LogP contribution < -0.4 is 16.8 Å². The van der Waals surface area contributed by atoms with E-state index in [1.165, 1.54) is 0 Å². The largest absolute Gasteiger partial charge is 0.377 e. The Kier molecular flexibility index (Phi) is 4.13. The molecule has 1 aromatic carbocycles. The third-order valence-electron chi connectivity index (χ3n) is 5.72. The van der Waals surface area contributed by atoms with Crippen molar-refractivity contribution in [1.82, 2.24) is 5.32 Å². The van der Waals surface area contributed by atoms with E-state index in [1.54, 1.807) is 18.2 Å². The van der Waals surface area contributed by atoms with Gasteiger partial charge in [0.05, 0.1) is 6.10 Å². The predicted octanol–water partition coefficient (Wildman–Crippen LogP) is 0.934. The summed E-state index contributed by atoms with van der Waals surface area (Å²) in [5.41, 5.74) is 11.7. The number of fused-ring (bicyclic) bond motifs is 1. The first-order valence-electron chi connectivity index (χ1n) is 8.36. The standard InChI is InChI=1S/C18H25N3O3/c1-17(2)14-13(7-4-8-24-14)18(17,20)16(23)21-10-11-5-3-6-12(9-11)15(19)22/h3,5-6,9,13-14H,4,7-8,10,20H2,1-2H3,(H2,19,22)(H,21,23). The van der Waals surface area contributed by atoms with Crippen LogP contribution in [0.4, 0.5) is 0 Å². The summed E-state index contributed by atoms with van der Waals surface area (Å²) >= 11 is 0. The van der Waals surface area contributed by atoms with Gasteiger partial charge in [0.2, 0.25) is 11.8 Å². The van der Waals surface area contributed by atoms with E-state index >= 15 is 0 Å². The van der Waals surface area contributed by atoms with Crippen molar-refractivity contribution < 1.29 is 14.3 Å². The second kappa shape index (κ2) is 5.86. The molecule has 0 radical (unpaired) electrons. The SMILES string of the molecule is CC1(C)C2OCCCC2C1(N)C(=O)NCc1cccc(C(N)=O)c1. The van der Waals surface area contributed by atoms with E-state index in [0.717, 1.165) is 25.0 Å². The Morgan fingerprint density at radius 2 is 2.12 bits per heavy atom. The third kappa shape index (κ3) is 2.41. The van der Waals surface area contributed by atoms with E-state index in [0.29, 0.717) is 12.1 Å². The van der Waals surface area contributed by atoms with Gasteiger partial charge in [0.25, 0.3) is 0 Å². The van der Waals surface area contributed by atoms with Crippen molar-refractivity contribution in [3.05, 3.63) is 35.4 Å². The molecule has 1 aliphatic carbocycles. The van der Waals surface area contributed by atoms with Crippen LogP contribution in [0.25, 0.3) is 0 Å². The Hall–Kier alpha value is -1.92. The zero-order valence-corrected chi connectivity index (χ0v) is 14.2. The van der Waals surface area contributed by atoms with Crippen molar-refractivity contribution in [2.75, 3.05) is 6.61 Å². The van der Waals surface area contributed by atoms with Crippen molar-refractivity contribution in [3.63, 3.8) is 0 Å². The zero-order chi connectivity index (χ0) is 17.5. The molecule has 0 aromatic heterocycles. The number of amides is 2. The first-order valence-corrected chi connectivity index (χ1v) is 8.36. The van der Waals surface area contributed by atoms with Crippen LogP contribution in [0.2, 0.25) is 0 Å². The number of hydrogen-bond acceptors (Lipinski definition) is 4. The number of nitrogens with one attached hydrogen (secondary N) is 1. The molecular formula is C18H25N3O3. The molecule has 2 fully saturated rings. The fourth-order valence-electron chi connectivity index (χ4n) is 4.20. The van der Waals surface area contributed by atoms with E-state index in [4.69, 9.17) is 16.2 Å². The summed E-state index contributed by atoms with van der Waals surface area (Å²) in [5.74, 6) is -0.595. The van der Waals surface area contributed by atoms with E-state index in [9.17, 15) is 9.59 Å². The van der Waals surface area contributed by atoms with Gasteiger partial charge >= 0.3 is 0 Å². The van der Waals surface area contributed by atoms with Gasteiger partial charge < -0.3 is 21.5 Å². The summed E-state index contributed by atoms with van der Waals surface area (Å²) < 4.78 is 5.83. The molecule has 5 N–H and O–H groups in total. The van der Waals surface area contributed by atoms with Crippen molar-refractivity contribution in [3.8, 4) is 0 Å². The molecule has 1 saturated heterocycles. The minimum absolute atomic E-state index is 0.0418. The highest BCUT2D eigenvalue weighted by atomic mass is 16.5. The number of benzene rings is 1. The van der Waals surface area contributed by atoms with Crippen molar-refractivity contribution in [2.24, 2.45) is 22.8 Å². The summed E-state index contributed by atoms with van der Waals surface area (Å²) in [6.07, 6.45) is 1.89. The Balaban J connectivity index is 1.71. The van der Waals surface area contributed by atoms with Gasteiger partial charge in [-0.3, -0.25) is 9.59 Å². The lowest BCUT2D eigenvalue weighted by atomic mass is 9.46. The maximum atomic E-state index is 12.8. The molecule has 1 heterocycles. The van der Waals surface area contributed by atoms with Crippen LogP contribution in [0, 0.1) is 11.3 Å². The molecular weight excluding hydrogens is 306 g/mol. The Morgan fingerprint density at radius 1 is 1.38 bits per heavy atom. The molecule has 1 saturated carbocycles. The maximum Gasteiger partial charge on any atom is 0.248 e. The number of carbonyl (C=O) groups excluding carboxylic acids is 2. The molecule has 6 nitrogen and oxygen atoms in total. The molecule has 0 spiro atoms. The summed E-state index contributed by atoms with van der Waals surface area (Å²) in [7, 11) is 0. The molecule has 24 heavy (non-hydrogen) atoms. The molecule has 2 aliphatic rings. The second-order valence-electron chi connectivity index (χ2n) is 7.38. The minimum Gasteiger partial charge on any atom is -0.377 e. The van der Waals surface area contributed by atoms with Gasteiger partial charge in [-0.05, 0) is 30.5 Å². The quantitative estimate of drug-likeness (QED) is 0.763.